The molecule has 0 radical (unpaired) electrons. The normalized spacial score (nSPS) is 19.6. The molecule has 1 fully saturated rings. The molecule has 2 rings (SSSR count). The van der Waals surface area contributed by atoms with Gasteiger partial charge in [-0.1, -0.05) is 11.8 Å². The molecule has 0 aromatic carbocycles. The summed E-state index contributed by atoms with van der Waals surface area (Å²) in [5.41, 5.74) is 0.305. The van der Waals surface area contributed by atoms with Gasteiger partial charge in [0, 0.05) is 17.4 Å². The van der Waals surface area contributed by atoms with Gasteiger partial charge in [0.2, 0.25) is 0 Å². The van der Waals surface area contributed by atoms with Gasteiger partial charge in [0.1, 0.15) is 6.10 Å². The van der Waals surface area contributed by atoms with E-state index in [-0.39, 0.29) is 0 Å². The summed E-state index contributed by atoms with van der Waals surface area (Å²) >= 11 is 1.58. The van der Waals surface area contributed by atoms with Crippen LogP contribution in [0.15, 0.2) is 16.8 Å². The van der Waals surface area contributed by atoms with E-state index in [0.29, 0.717) is 6.42 Å². The Hall–Kier alpha value is -0.820. The van der Waals surface area contributed by atoms with Crippen LogP contribution in [0.3, 0.4) is 0 Å². The first-order valence-electron chi connectivity index (χ1n) is 4.62. The van der Waals surface area contributed by atoms with E-state index in [4.69, 9.17) is 0 Å². The van der Waals surface area contributed by atoms with E-state index >= 15 is 0 Å². The van der Waals surface area contributed by atoms with Crippen molar-refractivity contribution in [2.75, 3.05) is 0 Å². The molecule has 74 valence electrons. The molecule has 0 bridgehead atoms. The number of thiophene rings is 1. The molecule has 0 aliphatic heterocycles. The van der Waals surface area contributed by atoms with Gasteiger partial charge in [-0.2, -0.15) is 11.3 Å². The van der Waals surface area contributed by atoms with Gasteiger partial charge in [0.05, 0.1) is 5.60 Å². The van der Waals surface area contributed by atoms with E-state index in [1.165, 1.54) is 0 Å². The van der Waals surface area contributed by atoms with Crippen molar-refractivity contribution >= 4 is 11.3 Å². The van der Waals surface area contributed by atoms with Gasteiger partial charge in [0.15, 0.2) is 0 Å². The summed E-state index contributed by atoms with van der Waals surface area (Å²) < 4.78 is 0. The molecule has 0 saturated heterocycles. The van der Waals surface area contributed by atoms with Crippen molar-refractivity contribution < 1.29 is 10.2 Å². The lowest BCUT2D eigenvalue weighted by atomic mass is 10.1. The topological polar surface area (TPSA) is 40.5 Å². The molecule has 3 heteroatoms. The first-order valence-corrected chi connectivity index (χ1v) is 5.56. The van der Waals surface area contributed by atoms with Gasteiger partial charge < -0.3 is 10.2 Å². The molecule has 1 aromatic heterocycles. The van der Waals surface area contributed by atoms with Gasteiger partial charge in [-0.25, -0.2) is 0 Å². The summed E-state index contributed by atoms with van der Waals surface area (Å²) in [5, 5.41) is 22.9. The molecular weight excluding hydrogens is 196 g/mol. The Balaban J connectivity index is 1.90. The van der Waals surface area contributed by atoms with E-state index in [0.717, 1.165) is 18.4 Å². The van der Waals surface area contributed by atoms with Crippen molar-refractivity contribution in [3.05, 3.63) is 22.4 Å². The number of aliphatic hydroxyl groups excluding tert-OH is 1. The van der Waals surface area contributed by atoms with Crippen LogP contribution in [0, 0.1) is 11.8 Å². The summed E-state index contributed by atoms with van der Waals surface area (Å²) in [5.74, 6) is 5.61. The third-order valence-electron chi connectivity index (χ3n) is 2.30. The van der Waals surface area contributed by atoms with Crippen molar-refractivity contribution in [3.8, 4) is 11.8 Å². The smallest absolute Gasteiger partial charge is 0.117 e. The van der Waals surface area contributed by atoms with Crippen molar-refractivity contribution in [1.82, 2.24) is 0 Å². The molecule has 1 aromatic rings. The zero-order chi connectivity index (χ0) is 10.0. The second-order valence-corrected chi connectivity index (χ2v) is 4.51. The van der Waals surface area contributed by atoms with Crippen molar-refractivity contribution in [3.63, 3.8) is 0 Å². The van der Waals surface area contributed by atoms with E-state index in [2.05, 4.69) is 11.8 Å². The first kappa shape index (κ1) is 9.72. The van der Waals surface area contributed by atoms with E-state index in [1.807, 2.05) is 16.8 Å². The molecule has 0 amide bonds. The zero-order valence-electron chi connectivity index (χ0n) is 7.73. The average Bonchev–Trinajstić information content (AvgIpc) is 2.70. The summed E-state index contributed by atoms with van der Waals surface area (Å²) in [6, 6.07) is 1.91. The lowest BCUT2D eigenvalue weighted by molar-refractivity contribution is 0.0891. The molecule has 1 atom stereocenters. The standard InChI is InChI=1S/C11H12O2S/c12-10(7-11(13)4-5-11)2-1-9-3-6-14-8-9/h3,6,8,10,12-13H,4-5,7H2/t10-/m1/s1. The minimum atomic E-state index is -0.706. The summed E-state index contributed by atoms with van der Waals surface area (Å²) in [7, 11) is 0. The zero-order valence-corrected chi connectivity index (χ0v) is 8.55. The predicted octanol–water partition coefficient (Wildman–Crippen LogP) is 1.38. The largest absolute Gasteiger partial charge is 0.390 e. The second kappa shape index (κ2) is 3.74. The highest BCUT2D eigenvalue weighted by Crippen LogP contribution is 2.39. The fraction of sp³-hybridized carbons (Fsp3) is 0.455. The van der Waals surface area contributed by atoms with E-state index in [1.54, 1.807) is 11.3 Å². The van der Waals surface area contributed by atoms with Gasteiger partial charge in [-0.05, 0) is 24.3 Å². The Kier molecular flexibility index (Phi) is 2.60. The van der Waals surface area contributed by atoms with Crippen LogP contribution in [0.4, 0.5) is 0 Å². The molecule has 2 N–H and O–H groups in total. The third kappa shape index (κ3) is 2.58. The number of hydrogen-bond acceptors (Lipinski definition) is 3. The Morgan fingerprint density at radius 1 is 1.57 bits per heavy atom. The molecule has 1 aliphatic rings. The number of aliphatic hydroxyl groups is 2. The first-order chi connectivity index (χ1) is 6.68. The van der Waals surface area contributed by atoms with Crippen LogP contribution in [0.1, 0.15) is 24.8 Å². The minimum absolute atomic E-state index is 0.379. The highest BCUT2D eigenvalue weighted by molar-refractivity contribution is 7.08. The summed E-state index contributed by atoms with van der Waals surface area (Å²) in [4.78, 5) is 0. The summed E-state index contributed by atoms with van der Waals surface area (Å²) in [6.45, 7) is 0. The quantitative estimate of drug-likeness (QED) is 0.721. The molecule has 0 spiro atoms. The average molecular weight is 208 g/mol. The molecular formula is C11H12O2S. The minimum Gasteiger partial charge on any atom is -0.390 e. The van der Waals surface area contributed by atoms with Gasteiger partial charge in [-0.3, -0.25) is 0 Å². The Morgan fingerprint density at radius 3 is 2.93 bits per heavy atom. The lowest BCUT2D eigenvalue weighted by Gasteiger charge is -2.07. The summed E-state index contributed by atoms with van der Waals surface area (Å²) in [6.07, 6.45) is 1.26. The molecule has 2 nitrogen and oxygen atoms in total. The van der Waals surface area contributed by atoms with Crippen LogP contribution >= 0.6 is 11.3 Å². The van der Waals surface area contributed by atoms with Crippen LogP contribution in [0.5, 0.6) is 0 Å². The maximum atomic E-state index is 9.53. The predicted molar refractivity (Wildman–Crippen MR) is 56.0 cm³/mol. The highest BCUT2D eigenvalue weighted by atomic mass is 32.1. The maximum Gasteiger partial charge on any atom is 0.117 e. The SMILES string of the molecule is O[C@H](C#Cc1ccsc1)CC1(O)CC1. The fourth-order valence-corrected chi connectivity index (χ4v) is 1.85. The Bertz CT molecular complexity index is 354. The number of rotatable bonds is 2. The molecule has 0 unspecified atom stereocenters. The van der Waals surface area contributed by atoms with E-state index in [9.17, 15) is 10.2 Å². The Morgan fingerprint density at radius 2 is 2.36 bits per heavy atom. The van der Waals surface area contributed by atoms with Crippen LogP contribution in [-0.4, -0.2) is 21.9 Å². The third-order valence-corrected chi connectivity index (χ3v) is 2.99. The fourth-order valence-electron chi connectivity index (χ4n) is 1.26. The molecule has 1 aliphatic carbocycles. The second-order valence-electron chi connectivity index (χ2n) is 3.73. The van der Waals surface area contributed by atoms with Crippen molar-refractivity contribution in [1.29, 1.82) is 0 Å². The van der Waals surface area contributed by atoms with Crippen molar-refractivity contribution in [2.45, 2.75) is 31.0 Å². The van der Waals surface area contributed by atoms with Crippen LogP contribution < -0.4 is 0 Å². The van der Waals surface area contributed by atoms with Crippen LogP contribution in [0.25, 0.3) is 0 Å². The van der Waals surface area contributed by atoms with E-state index < -0.39 is 11.7 Å². The Labute approximate surface area is 87.2 Å². The van der Waals surface area contributed by atoms with Crippen LogP contribution in [0.2, 0.25) is 0 Å². The van der Waals surface area contributed by atoms with Gasteiger partial charge >= 0.3 is 0 Å². The van der Waals surface area contributed by atoms with Gasteiger partial charge in [0.25, 0.3) is 0 Å². The maximum absolute atomic E-state index is 9.53. The van der Waals surface area contributed by atoms with Gasteiger partial charge in [-0.15, -0.1) is 0 Å². The molecule has 14 heavy (non-hydrogen) atoms. The molecule has 1 heterocycles. The monoisotopic (exact) mass is 208 g/mol. The number of hydrogen-bond donors (Lipinski definition) is 2. The van der Waals surface area contributed by atoms with Crippen LogP contribution in [-0.2, 0) is 0 Å². The highest BCUT2D eigenvalue weighted by Gasteiger charge is 2.41. The molecule has 1 saturated carbocycles. The lowest BCUT2D eigenvalue weighted by Crippen LogP contribution is -2.16. The van der Waals surface area contributed by atoms with Crippen molar-refractivity contribution in [2.24, 2.45) is 0 Å².